The zero-order chi connectivity index (χ0) is 14.8. The van der Waals surface area contributed by atoms with E-state index in [0.717, 1.165) is 18.8 Å². The second-order valence-corrected chi connectivity index (χ2v) is 5.21. The summed E-state index contributed by atoms with van der Waals surface area (Å²) in [5, 5.41) is 9.56. The fourth-order valence-corrected chi connectivity index (χ4v) is 2.31. The fraction of sp³-hybridized carbons (Fsp3) is 0.588. The first-order valence-electron chi connectivity index (χ1n) is 7.64. The van der Waals surface area contributed by atoms with Crippen molar-refractivity contribution in [2.45, 2.75) is 52.4 Å². The van der Waals surface area contributed by atoms with Crippen LogP contribution in [0, 0.1) is 5.92 Å². The normalized spacial score (nSPS) is 12.1. The molecule has 0 saturated carbocycles. The van der Waals surface area contributed by atoms with Gasteiger partial charge in [-0.25, -0.2) is 4.79 Å². The third-order valence-corrected chi connectivity index (χ3v) is 3.66. The molecule has 0 saturated heterocycles. The van der Waals surface area contributed by atoms with Gasteiger partial charge in [0.15, 0.2) is 0 Å². The number of esters is 1. The molecule has 20 heavy (non-hydrogen) atoms. The van der Waals surface area contributed by atoms with E-state index in [2.05, 4.69) is 13.8 Å². The highest BCUT2D eigenvalue weighted by molar-refractivity contribution is 5.92. The molecule has 0 radical (unpaired) electrons. The van der Waals surface area contributed by atoms with Crippen molar-refractivity contribution < 1.29 is 14.6 Å². The zero-order valence-corrected chi connectivity index (χ0v) is 12.6. The summed E-state index contributed by atoms with van der Waals surface area (Å²) < 4.78 is 5.21. The first-order chi connectivity index (χ1) is 9.69. The number of benzene rings is 1. The average molecular weight is 278 g/mol. The summed E-state index contributed by atoms with van der Waals surface area (Å²) in [5.41, 5.74) is 0.241. The highest BCUT2D eigenvalue weighted by Crippen LogP contribution is 2.19. The Bertz CT molecular complexity index is 401. The van der Waals surface area contributed by atoms with Gasteiger partial charge in [-0.2, -0.15) is 0 Å². The molecule has 0 fully saturated rings. The molecule has 0 spiro atoms. The van der Waals surface area contributed by atoms with E-state index in [4.69, 9.17) is 4.74 Å². The third kappa shape index (κ3) is 5.64. The molecule has 1 unspecified atom stereocenters. The van der Waals surface area contributed by atoms with Crippen molar-refractivity contribution in [3.05, 3.63) is 29.8 Å². The van der Waals surface area contributed by atoms with Gasteiger partial charge in [0.25, 0.3) is 0 Å². The Morgan fingerprint density at radius 1 is 1.20 bits per heavy atom. The van der Waals surface area contributed by atoms with E-state index in [0.29, 0.717) is 6.61 Å². The number of ether oxygens (including phenoxy) is 1. The topological polar surface area (TPSA) is 46.5 Å². The Morgan fingerprint density at radius 2 is 1.90 bits per heavy atom. The fourth-order valence-electron chi connectivity index (χ4n) is 2.31. The van der Waals surface area contributed by atoms with Gasteiger partial charge < -0.3 is 9.84 Å². The molecule has 0 aliphatic carbocycles. The lowest BCUT2D eigenvalue weighted by atomic mass is 9.94. The van der Waals surface area contributed by atoms with Crippen LogP contribution in [-0.4, -0.2) is 17.7 Å². The van der Waals surface area contributed by atoms with E-state index >= 15 is 0 Å². The minimum Gasteiger partial charge on any atom is -0.507 e. The number of carbonyl (C=O) groups excluding carboxylic acids is 1. The highest BCUT2D eigenvalue weighted by Gasteiger charge is 2.12. The predicted octanol–water partition coefficient (Wildman–Crippen LogP) is 4.55. The van der Waals surface area contributed by atoms with Crippen LogP contribution >= 0.6 is 0 Å². The molecule has 1 atom stereocenters. The maximum Gasteiger partial charge on any atom is 0.341 e. The van der Waals surface area contributed by atoms with Crippen molar-refractivity contribution in [3.8, 4) is 5.75 Å². The largest absolute Gasteiger partial charge is 0.507 e. The lowest BCUT2D eigenvalue weighted by Crippen LogP contribution is -2.08. The van der Waals surface area contributed by atoms with Crippen LogP contribution in [-0.2, 0) is 4.74 Å². The highest BCUT2D eigenvalue weighted by atomic mass is 16.5. The molecule has 112 valence electrons. The van der Waals surface area contributed by atoms with Gasteiger partial charge in [-0.15, -0.1) is 0 Å². The molecular formula is C17H26O3. The van der Waals surface area contributed by atoms with Crippen molar-refractivity contribution >= 4 is 5.97 Å². The van der Waals surface area contributed by atoms with Crippen LogP contribution in [0.4, 0.5) is 0 Å². The van der Waals surface area contributed by atoms with Gasteiger partial charge in [0.05, 0.1) is 6.61 Å². The maximum absolute atomic E-state index is 11.8. The monoisotopic (exact) mass is 278 g/mol. The Hall–Kier alpha value is -1.51. The van der Waals surface area contributed by atoms with Crippen LogP contribution in [0.2, 0.25) is 0 Å². The standard InChI is InChI=1S/C17H26O3/c1-3-5-9-14(4-2)10-8-13-20-17(19)15-11-6-7-12-16(15)18/h6-7,11-12,14,18H,3-5,8-10,13H2,1-2H3. The smallest absolute Gasteiger partial charge is 0.341 e. The van der Waals surface area contributed by atoms with Crippen molar-refractivity contribution in [1.82, 2.24) is 0 Å². The second-order valence-electron chi connectivity index (χ2n) is 5.21. The Labute approximate surface area is 122 Å². The van der Waals surface area contributed by atoms with Gasteiger partial charge in [0, 0.05) is 0 Å². The lowest BCUT2D eigenvalue weighted by Gasteiger charge is -2.14. The Balaban J connectivity index is 2.27. The molecule has 0 aromatic heterocycles. The number of phenolic OH excluding ortho intramolecular Hbond substituents is 1. The summed E-state index contributed by atoms with van der Waals surface area (Å²) in [7, 11) is 0. The molecular weight excluding hydrogens is 252 g/mol. The van der Waals surface area contributed by atoms with Crippen molar-refractivity contribution in [2.24, 2.45) is 5.92 Å². The van der Waals surface area contributed by atoms with Crippen molar-refractivity contribution in [3.63, 3.8) is 0 Å². The van der Waals surface area contributed by atoms with Crippen LogP contribution in [0.1, 0.15) is 62.7 Å². The molecule has 1 aromatic carbocycles. The minimum atomic E-state index is -0.440. The van der Waals surface area contributed by atoms with Crippen LogP contribution in [0.25, 0.3) is 0 Å². The average Bonchev–Trinajstić information content (AvgIpc) is 2.46. The first kappa shape index (κ1) is 16.5. The number of unbranched alkanes of at least 4 members (excludes halogenated alkanes) is 1. The number of aromatic hydroxyl groups is 1. The molecule has 3 nitrogen and oxygen atoms in total. The predicted molar refractivity (Wildman–Crippen MR) is 80.9 cm³/mol. The number of para-hydroxylation sites is 1. The Morgan fingerprint density at radius 3 is 2.55 bits per heavy atom. The molecule has 0 aliphatic heterocycles. The second kappa shape index (κ2) is 9.40. The summed E-state index contributed by atoms with van der Waals surface area (Å²) in [5.74, 6) is 0.273. The van der Waals surface area contributed by atoms with Crippen LogP contribution in [0.5, 0.6) is 5.75 Å². The summed E-state index contributed by atoms with van der Waals surface area (Å²) >= 11 is 0. The molecule has 3 heteroatoms. The van der Waals surface area contributed by atoms with Gasteiger partial charge in [-0.05, 0) is 30.9 Å². The van der Waals surface area contributed by atoms with Crippen LogP contribution < -0.4 is 0 Å². The van der Waals surface area contributed by atoms with Crippen LogP contribution in [0.15, 0.2) is 24.3 Å². The molecule has 1 rings (SSSR count). The molecule has 1 N–H and O–H groups in total. The van der Waals surface area contributed by atoms with Crippen molar-refractivity contribution in [1.29, 1.82) is 0 Å². The van der Waals surface area contributed by atoms with Crippen LogP contribution in [0.3, 0.4) is 0 Å². The summed E-state index contributed by atoms with van der Waals surface area (Å²) in [4.78, 5) is 11.8. The van der Waals surface area contributed by atoms with Gasteiger partial charge in [-0.3, -0.25) is 0 Å². The number of carbonyl (C=O) groups is 1. The molecule has 0 heterocycles. The molecule has 0 amide bonds. The zero-order valence-electron chi connectivity index (χ0n) is 12.6. The number of hydrogen-bond donors (Lipinski definition) is 1. The van der Waals surface area contributed by atoms with E-state index in [1.165, 1.54) is 31.7 Å². The van der Waals surface area contributed by atoms with E-state index in [1.807, 2.05) is 0 Å². The van der Waals surface area contributed by atoms with Gasteiger partial charge in [-0.1, -0.05) is 51.7 Å². The Kier molecular flexibility index (Phi) is 7.78. The van der Waals surface area contributed by atoms with E-state index in [1.54, 1.807) is 18.2 Å². The third-order valence-electron chi connectivity index (χ3n) is 3.66. The van der Waals surface area contributed by atoms with E-state index in [9.17, 15) is 9.90 Å². The summed E-state index contributed by atoms with van der Waals surface area (Å²) in [6, 6.07) is 6.47. The minimum absolute atomic E-state index is 0.0214. The molecule has 0 aliphatic rings. The maximum atomic E-state index is 11.8. The number of phenols is 1. The first-order valence-corrected chi connectivity index (χ1v) is 7.64. The SMILES string of the molecule is CCCCC(CC)CCCOC(=O)c1ccccc1O. The molecule has 1 aromatic rings. The van der Waals surface area contributed by atoms with Gasteiger partial charge in [0.1, 0.15) is 11.3 Å². The summed E-state index contributed by atoms with van der Waals surface area (Å²) in [6.07, 6.45) is 6.95. The van der Waals surface area contributed by atoms with E-state index in [-0.39, 0.29) is 11.3 Å². The molecule has 0 bridgehead atoms. The number of rotatable bonds is 9. The number of hydrogen-bond acceptors (Lipinski definition) is 3. The quantitative estimate of drug-likeness (QED) is 0.532. The summed E-state index contributed by atoms with van der Waals surface area (Å²) in [6.45, 7) is 4.85. The van der Waals surface area contributed by atoms with Crippen molar-refractivity contribution in [2.75, 3.05) is 6.61 Å². The van der Waals surface area contributed by atoms with E-state index < -0.39 is 5.97 Å². The lowest BCUT2D eigenvalue weighted by molar-refractivity contribution is 0.0489. The van der Waals surface area contributed by atoms with Gasteiger partial charge >= 0.3 is 5.97 Å². The van der Waals surface area contributed by atoms with Gasteiger partial charge in [0.2, 0.25) is 0 Å².